The van der Waals surface area contributed by atoms with Crippen molar-refractivity contribution in [3.63, 3.8) is 0 Å². The Morgan fingerprint density at radius 3 is 2.06 bits per heavy atom. The molecular weight excluding hydrogens is 436 g/mol. The SMILES string of the molecule is OCC(O)C(O)C(O)C(O)c1nc2ccc(Nc3c4ccccc4nc4ccccc34)cc2[nH]1. The van der Waals surface area contributed by atoms with Crippen molar-refractivity contribution < 1.29 is 25.5 Å². The van der Waals surface area contributed by atoms with Gasteiger partial charge in [0, 0.05) is 16.5 Å². The van der Waals surface area contributed by atoms with E-state index in [1.54, 1.807) is 6.07 Å². The monoisotopic (exact) mass is 460 g/mol. The molecule has 2 heterocycles. The zero-order chi connectivity index (χ0) is 23.8. The van der Waals surface area contributed by atoms with E-state index in [-0.39, 0.29) is 5.82 Å². The largest absolute Gasteiger partial charge is 0.394 e. The number of para-hydroxylation sites is 2. The minimum absolute atomic E-state index is 0.0312. The van der Waals surface area contributed by atoms with Crippen molar-refractivity contribution in [1.82, 2.24) is 15.0 Å². The van der Waals surface area contributed by atoms with Crippen LogP contribution >= 0.6 is 0 Å². The van der Waals surface area contributed by atoms with E-state index in [2.05, 4.69) is 15.3 Å². The summed E-state index contributed by atoms with van der Waals surface area (Å²) in [6, 6.07) is 21.2. The molecule has 0 aliphatic rings. The van der Waals surface area contributed by atoms with Gasteiger partial charge in [0.1, 0.15) is 30.2 Å². The van der Waals surface area contributed by atoms with Gasteiger partial charge in [0.05, 0.1) is 34.4 Å². The molecule has 3 aromatic carbocycles. The molecule has 0 radical (unpaired) electrons. The Balaban J connectivity index is 1.50. The highest BCUT2D eigenvalue weighted by Gasteiger charge is 2.32. The Morgan fingerprint density at radius 2 is 1.41 bits per heavy atom. The number of aromatic nitrogens is 3. The van der Waals surface area contributed by atoms with Gasteiger partial charge in [-0.15, -0.1) is 0 Å². The van der Waals surface area contributed by atoms with E-state index in [0.717, 1.165) is 33.2 Å². The average Bonchev–Trinajstić information content (AvgIpc) is 3.30. The van der Waals surface area contributed by atoms with Gasteiger partial charge in [-0.3, -0.25) is 0 Å². The second kappa shape index (κ2) is 8.98. The molecule has 0 bridgehead atoms. The Kier molecular flexibility index (Phi) is 5.86. The van der Waals surface area contributed by atoms with E-state index in [1.165, 1.54) is 0 Å². The fourth-order valence-corrected chi connectivity index (χ4v) is 4.05. The molecule has 5 aromatic rings. The van der Waals surface area contributed by atoms with E-state index in [9.17, 15) is 20.4 Å². The maximum absolute atomic E-state index is 10.4. The summed E-state index contributed by atoms with van der Waals surface area (Å²) < 4.78 is 0. The van der Waals surface area contributed by atoms with E-state index < -0.39 is 31.0 Å². The van der Waals surface area contributed by atoms with E-state index >= 15 is 0 Å². The minimum Gasteiger partial charge on any atom is -0.394 e. The zero-order valence-corrected chi connectivity index (χ0v) is 18.0. The first-order valence-corrected chi connectivity index (χ1v) is 10.8. The third kappa shape index (κ3) is 3.96. The molecular formula is C25H24N4O5. The van der Waals surface area contributed by atoms with Crippen LogP contribution in [-0.2, 0) is 0 Å². The summed E-state index contributed by atoms with van der Waals surface area (Å²) >= 11 is 0. The summed E-state index contributed by atoms with van der Waals surface area (Å²) in [4.78, 5) is 12.0. The lowest BCUT2D eigenvalue weighted by molar-refractivity contribution is -0.117. The molecule has 0 saturated carbocycles. The third-order valence-corrected chi connectivity index (χ3v) is 5.89. The smallest absolute Gasteiger partial charge is 0.140 e. The Labute approximate surface area is 194 Å². The number of hydrogen-bond acceptors (Lipinski definition) is 8. The molecule has 0 saturated heterocycles. The van der Waals surface area contributed by atoms with Crippen LogP contribution in [0.2, 0.25) is 0 Å². The topological polar surface area (TPSA) is 155 Å². The van der Waals surface area contributed by atoms with Crippen molar-refractivity contribution in [1.29, 1.82) is 0 Å². The van der Waals surface area contributed by atoms with Gasteiger partial charge in [-0.05, 0) is 30.3 Å². The molecule has 9 heteroatoms. The molecule has 2 aromatic heterocycles. The highest BCUT2D eigenvalue weighted by molar-refractivity contribution is 6.08. The summed E-state index contributed by atoms with van der Waals surface area (Å²) in [5.74, 6) is 0.0312. The van der Waals surface area contributed by atoms with Gasteiger partial charge in [0.15, 0.2) is 0 Å². The molecule has 0 aliphatic carbocycles. The standard InChI is InChI=1S/C25H24N4O5/c30-12-20(31)22(32)23(33)24(34)25-28-18-10-9-13(11-19(18)29-25)26-21-14-5-1-3-7-16(14)27-17-8-4-2-6-15(17)21/h1-11,20,22-24,30-34H,12H2,(H,26,27)(H,28,29). The average molecular weight is 460 g/mol. The molecule has 174 valence electrons. The number of fused-ring (bicyclic) bond motifs is 3. The first kappa shape index (κ1) is 22.2. The fraction of sp³-hybridized carbons (Fsp3) is 0.200. The van der Waals surface area contributed by atoms with Crippen molar-refractivity contribution in [3.05, 3.63) is 72.6 Å². The normalized spacial score (nSPS) is 15.4. The summed E-state index contributed by atoms with van der Waals surface area (Å²) in [6.45, 7) is -0.752. The van der Waals surface area contributed by atoms with Crippen LogP contribution in [0.15, 0.2) is 66.7 Å². The van der Waals surface area contributed by atoms with Crippen LogP contribution in [0.4, 0.5) is 11.4 Å². The number of H-pyrrole nitrogens is 1. The van der Waals surface area contributed by atoms with Crippen molar-refractivity contribution >= 4 is 44.2 Å². The number of nitrogens with zero attached hydrogens (tertiary/aromatic N) is 2. The maximum Gasteiger partial charge on any atom is 0.140 e. The molecule has 5 rings (SSSR count). The van der Waals surface area contributed by atoms with E-state index in [0.29, 0.717) is 11.0 Å². The predicted molar refractivity (Wildman–Crippen MR) is 129 cm³/mol. The van der Waals surface area contributed by atoms with Crippen molar-refractivity contribution in [2.75, 3.05) is 11.9 Å². The zero-order valence-electron chi connectivity index (χ0n) is 18.0. The van der Waals surface area contributed by atoms with Crippen molar-refractivity contribution in [2.24, 2.45) is 0 Å². The fourth-order valence-electron chi connectivity index (χ4n) is 4.05. The number of benzene rings is 3. The number of nitrogens with one attached hydrogen (secondary N) is 2. The number of pyridine rings is 1. The van der Waals surface area contributed by atoms with Crippen LogP contribution in [0, 0.1) is 0 Å². The second-order valence-corrected chi connectivity index (χ2v) is 8.18. The highest BCUT2D eigenvalue weighted by Crippen LogP contribution is 2.33. The summed E-state index contributed by atoms with van der Waals surface area (Å²) in [5.41, 5.74) is 4.58. The first-order chi connectivity index (χ1) is 16.5. The van der Waals surface area contributed by atoms with Gasteiger partial charge < -0.3 is 35.8 Å². The van der Waals surface area contributed by atoms with Gasteiger partial charge in [-0.2, -0.15) is 0 Å². The van der Waals surface area contributed by atoms with E-state index in [4.69, 9.17) is 10.1 Å². The van der Waals surface area contributed by atoms with Crippen molar-refractivity contribution in [3.8, 4) is 0 Å². The van der Waals surface area contributed by atoms with Gasteiger partial charge in [-0.1, -0.05) is 36.4 Å². The van der Waals surface area contributed by atoms with Crippen LogP contribution in [0.3, 0.4) is 0 Å². The molecule has 4 unspecified atom stereocenters. The lowest BCUT2D eigenvalue weighted by atomic mass is 10.0. The molecule has 0 fully saturated rings. The number of aliphatic hydroxyl groups excluding tert-OH is 5. The molecule has 0 spiro atoms. The third-order valence-electron chi connectivity index (χ3n) is 5.89. The van der Waals surface area contributed by atoms with Crippen LogP contribution in [0.25, 0.3) is 32.8 Å². The van der Waals surface area contributed by atoms with Gasteiger partial charge in [0.2, 0.25) is 0 Å². The highest BCUT2D eigenvalue weighted by atomic mass is 16.4. The number of aliphatic hydroxyl groups is 5. The number of anilines is 2. The van der Waals surface area contributed by atoms with Crippen LogP contribution in [-0.4, -0.2) is 65.4 Å². The van der Waals surface area contributed by atoms with E-state index in [1.807, 2.05) is 60.7 Å². The van der Waals surface area contributed by atoms with Crippen LogP contribution < -0.4 is 5.32 Å². The molecule has 0 amide bonds. The maximum atomic E-state index is 10.4. The molecule has 0 aliphatic heterocycles. The van der Waals surface area contributed by atoms with Crippen molar-refractivity contribution in [2.45, 2.75) is 24.4 Å². The van der Waals surface area contributed by atoms with Crippen LogP contribution in [0.1, 0.15) is 11.9 Å². The lowest BCUT2D eigenvalue weighted by Gasteiger charge is -2.24. The van der Waals surface area contributed by atoms with Gasteiger partial charge in [-0.25, -0.2) is 9.97 Å². The van der Waals surface area contributed by atoms with Gasteiger partial charge >= 0.3 is 0 Å². The molecule has 7 N–H and O–H groups in total. The van der Waals surface area contributed by atoms with Crippen LogP contribution in [0.5, 0.6) is 0 Å². The molecule has 34 heavy (non-hydrogen) atoms. The number of aromatic amines is 1. The Hall–Kier alpha value is -3.60. The second-order valence-electron chi connectivity index (χ2n) is 8.18. The quantitative estimate of drug-likeness (QED) is 0.182. The Bertz CT molecular complexity index is 1420. The minimum atomic E-state index is -1.74. The lowest BCUT2D eigenvalue weighted by Crippen LogP contribution is -2.42. The number of rotatable bonds is 7. The molecule has 9 nitrogen and oxygen atoms in total. The summed E-state index contributed by atoms with van der Waals surface area (Å²) in [7, 11) is 0. The Morgan fingerprint density at radius 1 is 0.765 bits per heavy atom. The molecule has 4 atom stereocenters. The first-order valence-electron chi connectivity index (χ1n) is 10.8. The number of hydrogen-bond donors (Lipinski definition) is 7. The predicted octanol–water partition coefficient (Wildman–Crippen LogP) is 2.12. The summed E-state index contributed by atoms with van der Waals surface area (Å²) in [5, 5.41) is 54.4. The summed E-state index contributed by atoms with van der Waals surface area (Å²) in [6.07, 6.45) is -6.66. The van der Waals surface area contributed by atoms with Gasteiger partial charge in [0.25, 0.3) is 0 Å². The number of imidazole rings is 1.